The van der Waals surface area contributed by atoms with Crippen molar-refractivity contribution in [2.24, 2.45) is 0 Å². The Labute approximate surface area is 134 Å². The van der Waals surface area contributed by atoms with Crippen LogP contribution in [0.25, 0.3) is 0 Å². The summed E-state index contributed by atoms with van der Waals surface area (Å²) in [4.78, 5) is 24.5. The Morgan fingerprint density at radius 1 is 1.23 bits per heavy atom. The first kappa shape index (κ1) is 14.7. The first-order valence-corrected chi connectivity index (χ1v) is 7.36. The van der Waals surface area contributed by atoms with Gasteiger partial charge in [0.1, 0.15) is 5.75 Å². The van der Waals surface area contributed by atoms with Crippen LogP contribution in [0.1, 0.15) is 22.3 Å². The van der Waals surface area contributed by atoms with E-state index in [-0.39, 0.29) is 11.3 Å². The molecule has 1 amide bonds. The molecule has 2 aromatic carbocycles. The summed E-state index contributed by atoms with van der Waals surface area (Å²) in [5, 5.41) is 23.0. The van der Waals surface area contributed by atoms with Gasteiger partial charge < -0.3 is 15.5 Å². The summed E-state index contributed by atoms with van der Waals surface area (Å²) in [6, 6.07) is 11.0. The average Bonchev–Trinajstić information content (AvgIpc) is 2.71. The predicted octanol–water partition coefficient (Wildman–Crippen LogP) is 2.57. The molecule has 5 nitrogen and oxygen atoms in total. The van der Waals surface area contributed by atoms with E-state index < -0.39 is 23.7 Å². The number of fused-ring (bicyclic) bond motifs is 1. The molecule has 0 saturated carbocycles. The van der Waals surface area contributed by atoms with Crippen molar-refractivity contribution in [3.8, 4) is 5.75 Å². The second-order valence-electron chi connectivity index (χ2n) is 5.12. The Morgan fingerprint density at radius 2 is 1.95 bits per heavy atom. The number of halogens is 1. The number of ketones is 1. The molecule has 0 radical (unpaired) electrons. The van der Waals surface area contributed by atoms with Crippen LogP contribution >= 0.6 is 15.9 Å². The van der Waals surface area contributed by atoms with E-state index in [0.29, 0.717) is 15.7 Å². The van der Waals surface area contributed by atoms with Crippen molar-refractivity contribution in [1.82, 2.24) is 0 Å². The lowest BCUT2D eigenvalue weighted by Gasteiger charge is -2.20. The second kappa shape index (κ2) is 5.23. The van der Waals surface area contributed by atoms with E-state index in [0.717, 1.165) is 0 Å². The molecule has 2 aromatic rings. The van der Waals surface area contributed by atoms with Crippen LogP contribution in [0, 0.1) is 0 Å². The number of carbonyl (C=O) groups excluding carboxylic acids is 2. The second-order valence-corrected chi connectivity index (χ2v) is 6.04. The van der Waals surface area contributed by atoms with Gasteiger partial charge in [-0.15, -0.1) is 0 Å². The van der Waals surface area contributed by atoms with Gasteiger partial charge in [0.15, 0.2) is 11.4 Å². The van der Waals surface area contributed by atoms with Crippen molar-refractivity contribution in [3.05, 3.63) is 58.1 Å². The number of phenolic OH excluding ortho intramolecular Hbond substituents is 1. The molecule has 1 aliphatic rings. The van der Waals surface area contributed by atoms with Crippen LogP contribution in [-0.4, -0.2) is 21.9 Å². The van der Waals surface area contributed by atoms with Crippen LogP contribution in [-0.2, 0) is 10.4 Å². The first-order valence-electron chi connectivity index (χ1n) is 6.57. The molecule has 1 heterocycles. The first-order chi connectivity index (χ1) is 10.4. The van der Waals surface area contributed by atoms with Gasteiger partial charge in [-0.05, 0) is 30.3 Å². The number of benzene rings is 2. The standard InChI is InChI=1S/C16H12BrNO4/c17-9-5-6-12-11(7-9)16(22,15(21)18-12)8-14(20)10-3-1-2-4-13(10)19/h1-7,19,22H,8H2,(H,18,21). The molecule has 0 bridgehead atoms. The zero-order valence-corrected chi connectivity index (χ0v) is 12.9. The molecular formula is C16H12BrNO4. The zero-order chi connectivity index (χ0) is 15.9. The number of amides is 1. The van der Waals surface area contributed by atoms with Gasteiger partial charge in [-0.3, -0.25) is 9.59 Å². The Hall–Kier alpha value is -2.18. The molecule has 112 valence electrons. The van der Waals surface area contributed by atoms with Crippen LogP contribution < -0.4 is 5.32 Å². The Kier molecular flexibility index (Phi) is 3.50. The monoisotopic (exact) mass is 361 g/mol. The maximum atomic E-state index is 12.4. The summed E-state index contributed by atoms with van der Waals surface area (Å²) in [7, 11) is 0. The Balaban J connectivity index is 1.98. The van der Waals surface area contributed by atoms with Crippen LogP contribution in [0.3, 0.4) is 0 Å². The third-order valence-electron chi connectivity index (χ3n) is 3.67. The number of carbonyl (C=O) groups is 2. The maximum Gasteiger partial charge on any atom is 0.261 e. The summed E-state index contributed by atoms with van der Waals surface area (Å²) in [5.74, 6) is -1.34. The number of rotatable bonds is 3. The lowest BCUT2D eigenvalue weighted by Crippen LogP contribution is -2.36. The SMILES string of the molecule is O=C(CC1(O)C(=O)Nc2ccc(Br)cc21)c1ccccc1O. The van der Waals surface area contributed by atoms with E-state index in [1.54, 1.807) is 30.3 Å². The van der Waals surface area contributed by atoms with Crippen molar-refractivity contribution in [2.45, 2.75) is 12.0 Å². The maximum absolute atomic E-state index is 12.4. The molecule has 1 aliphatic heterocycles. The van der Waals surface area contributed by atoms with Gasteiger partial charge in [-0.2, -0.15) is 0 Å². The third-order valence-corrected chi connectivity index (χ3v) is 4.17. The average molecular weight is 362 g/mol. The van der Waals surface area contributed by atoms with Gasteiger partial charge in [-0.25, -0.2) is 0 Å². The number of anilines is 1. The van der Waals surface area contributed by atoms with Gasteiger partial charge in [0, 0.05) is 15.7 Å². The van der Waals surface area contributed by atoms with Crippen molar-refractivity contribution in [1.29, 1.82) is 0 Å². The van der Waals surface area contributed by atoms with Gasteiger partial charge in [0.2, 0.25) is 0 Å². The van der Waals surface area contributed by atoms with Crippen molar-refractivity contribution < 1.29 is 19.8 Å². The van der Waals surface area contributed by atoms with Gasteiger partial charge in [0.05, 0.1) is 12.0 Å². The van der Waals surface area contributed by atoms with E-state index in [9.17, 15) is 19.8 Å². The Bertz CT molecular complexity index is 789. The molecule has 0 aromatic heterocycles. The number of para-hydroxylation sites is 1. The lowest BCUT2D eigenvalue weighted by molar-refractivity contribution is -0.133. The molecule has 6 heteroatoms. The van der Waals surface area contributed by atoms with E-state index in [1.165, 1.54) is 12.1 Å². The fourth-order valence-corrected chi connectivity index (χ4v) is 2.89. The van der Waals surface area contributed by atoms with Gasteiger partial charge >= 0.3 is 0 Å². The van der Waals surface area contributed by atoms with Crippen molar-refractivity contribution in [2.75, 3.05) is 5.32 Å². The topological polar surface area (TPSA) is 86.6 Å². The van der Waals surface area contributed by atoms with E-state index in [1.807, 2.05) is 0 Å². The molecule has 3 N–H and O–H groups in total. The summed E-state index contributed by atoms with van der Waals surface area (Å²) >= 11 is 3.28. The number of Topliss-reactive ketones (excluding diaryl/α,β-unsaturated/α-hetero) is 1. The van der Waals surface area contributed by atoms with Crippen LogP contribution in [0.15, 0.2) is 46.9 Å². The summed E-state index contributed by atoms with van der Waals surface area (Å²) < 4.78 is 0.691. The molecule has 1 atom stereocenters. The minimum Gasteiger partial charge on any atom is -0.507 e. The Morgan fingerprint density at radius 3 is 2.68 bits per heavy atom. The molecule has 3 rings (SSSR count). The van der Waals surface area contributed by atoms with E-state index >= 15 is 0 Å². The summed E-state index contributed by atoms with van der Waals surface area (Å²) in [6.07, 6.45) is -0.445. The minimum atomic E-state index is -1.95. The van der Waals surface area contributed by atoms with Gasteiger partial charge in [0.25, 0.3) is 5.91 Å². The quantitative estimate of drug-likeness (QED) is 0.733. The molecular weight excluding hydrogens is 350 g/mol. The highest BCUT2D eigenvalue weighted by Gasteiger charge is 2.47. The fraction of sp³-hybridized carbons (Fsp3) is 0.125. The number of hydrogen-bond acceptors (Lipinski definition) is 4. The van der Waals surface area contributed by atoms with Gasteiger partial charge in [-0.1, -0.05) is 28.1 Å². The predicted molar refractivity (Wildman–Crippen MR) is 83.7 cm³/mol. The molecule has 0 aliphatic carbocycles. The number of phenols is 1. The highest BCUT2D eigenvalue weighted by Crippen LogP contribution is 2.40. The molecule has 0 fully saturated rings. The molecule has 22 heavy (non-hydrogen) atoms. The third kappa shape index (κ3) is 2.30. The van der Waals surface area contributed by atoms with Crippen molar-refractivity contribution in [3.63, 3.8) is 0 Å². The fourth-order valence-electron chi connectivity index (χ4n) is 2.53. The zero-order valence-electron chi connectivity index (χ0n) is 11.3. The highest BCUT2D eigenvalue weighted by atomic mass is 79.9. The van der Waals surface area contributed by atoms with Crippen LogP contribution in [0.4, 0.5) is 5.69 Å². The number of aromatic hydroxyl groups is 1. The van der Waals surface area contributed by atoms with E-state index in [4.69, 9.17) is 0 Å². The minimum absolute atomic E-state index is 0.0761. The normalized spacial score (nSPS) is 19.6. The lowest BCUT2D eigenvalue weighted by atomic mass is 9.88. The molecule has 0 saturated heterocycles. The van der Waals surface area contributed by atoms with Crippen LogP contribution in [0.2, 0.25) is 0 Å². The number of aliphatic hydroxyl groups is 1. The van der Waals surface area contributed by atoms with Crippen LogP contribution in [0.5, 0.6) is 5.75 Å². The van der Waals surface area contributed by atoms with E-state index in [2.05, 4.69) is 21.2 Å². The molecule has 0 spiro atoms. The highest BCUT2D eigenvalue weighted by molar-refractivity contribution is 9.10. The largest absolute Gasteiger partial charge is 0.507 e. The number of nitrogens with one attached hydrogen (secondary N) is 1. The smallest absolute Gasteiger partial charge is 0.261 e. The van der Waals surface area contributed by atoms with Crippen molar-refractivity contribution >= 4 is 33.3 Å². The number of hydrogen-bond donors (Lipinski definition) is 3. The summed E-state index contributed by atoms with van der Waals surface area (Å²) in [5.41, 5.74) is -1.05. The summed E-state index contributed by atoms with van der Waals surface area (Å²) in [6.45, 7) is 0. The molecule has 1 unspecified atom stereocenters.